The Morgan fingerprint density at radius 1 is 1.38 bits per heavy atom. The van der Waals surface area contributed by atoms with Crippen molar-refractivity contribution < 1.29 is 4.39 Å². The highest BCUT2D eigenvalue weighted by molar-refractivity contribution is 14.0. The van der Waals surface area contributed by atoms with Crippen LogP contribution in [0.1, 0.15) is 25.3 Å². The Kier molecular flexibility index (Phi) is 9.80. The summed E-state index contributed by atoms with van der Waals surface area (Å²) in [6.07, 6.45) is 2.58. The van der Waals surface area contributed by atoms with Crippen molar-refractivity contribution in [2.45, 2.75) is 31.6 Å². The van der Waals surface area contributed by atoms with Crippen LogP contribution in [0.4, 0.5) is 10.1 Å². The molecule has 1 fully saturated rings. The van der Waals surface area contributed by atoms with Crippen LogP contribution in [0.15, 0.2) is 23.2 Å². The second kappa shape index (κ2) is 11.0. The zero-order valence-corrected chi connectivity index (χ0v) is 17.8. The van der Waals surface area contributed by atoms with Crippen LogP contribution < -0.4 is 15.5 Å². The number of nitrogens with zero attached hydrogens (tertiary/aromatic N) is 2. The molecule has 0 amide bonds. The average Bonchev–Trinajstić information content (AvgIpc) is 3.03. The van der Waals surface area contributed by atoms with Gasteiger partial charge in [-0.3, -0.25) is 0 Å². The minimum atomic E-state index is -0.206. The summed E-state index contributed by atoms with van der Waals surface area (Å²) in [6, 6.07) is 5.29. The predicted molar refractivity (Wildman–Crippen MR) is 114 cm³/mol. The van der Waals surface area contributed by atoms with E-state index in [1.54, 1.807) is 17.0 Å². The Hall–Kier alpha value is -0.700. The summed E-state index contributed by atoms with van der Waals surface area (Å²) >= 11 is 2.02. The number of nitrogens with one attached hydrogen (secondary N) is 2. The molecule has 24 heavy (non-hydrogen) atoms. The summed E-state index contributed by atoms with van der Waals surface area (Å²) in [5.74, 6) is 1.86. The van der Waals surface area contributed by atoms with Gasteiger partial charge in [0.25, 0.3) is 0 Å². The lowest BCUT2D eigenvalue weighted by Crippen LogP contribution is -2.40. The minimum Gasteiger partial charge on any atom is -0.375 e. The molecule has 136 valence electrons. The number of hydrogen-bond donors (Lipinski definition) is 2. The lowest BCUT2D eigenvalue weighted by molar-refractivity contribution is 0.623. The van der Waals surface area contributed by atoms with Gasteiger partial charge in [0.1, 0.15) is 5.82 Å². The fourth-order valence-corrected chi connectivity index (χ4v) is 3.74. The van der Waals surface area contributed by atoms with Crippen molar-refractivity contribution in [2.24, 2.45) is 4.99 Å². The van der Waals surface area contributed by atoms with Gasteiger partial charge in [-0.25, -0.2) is 9.38 Å². The first-order valence-corrected chi connectivity index (χ1v) is 9.24. The Bertz CT molecular complexity index is 533. The van der Waals surface area contributed by atoms with Crippen LogP contribution in [-0.4, -0.2) is 44.1 Å². The zero-order valence-electron chi connectivity index (χ0n) is 14.6. The van der Waals surface area contributed by atoms with Gasteiger partial charge in [0.2, 0.25) is 0 Å². The Balaban J connectivity index is 0.00000288. The molecule has 2 N–H and O–H groups in total. The molecule has 1 aromatic rings. The minimum absolute atomic E-state index is 0. The molecule has 4 nitrogen and oxygen atoms in total. The van der Waals surface area contributed by atoms with Crippen molar-refractivity contribution in [1.82, 2.24) is 10.6 Å². The van der Waals surface area contributed by atoms with Crippen LogP contribution in [0, 0.1) is 5.82 Å². The lowest BCUT2D eigenvalue weighted by Gasteiger charge is -2.15. The average molecular weight is 466 g/mol. The fourth-order valence-electron chi connectivity index (χ4n) is 2.54. The molecule has 1 saturated heterocycles. The summed E-state index contributed by atoms with van der Waals surface area (Å²) in [5, 5.41) is 7.32. The van der Waals surface area contributed by atoms with Gasteiger partial charge in [0, 0.05) is 32.4 Å². The van der Waals surface area contributed by atoms with E-state index in [9.17, 15) is 4.39 Å². The Labute approximate surface area is 166 Å². The quantitative estimate of drug-likeness (QED) is 0.383. The first kappa shape index (κ1) is 21.3. The second-order valence-electron chi connectivity index (χ2n) is 5.89. The molecule has 2 rings (SSSR count). The predicted octanol–water partition coefficient (Wildman–Crippen LogP) is 3.46. The molecule has 0 radical (unpaired) electrons. The van der Waals surface area contributed by atoms with E-state index in [1.807, 2.05) is 38.8 Å². The van der Waals surface area contributed by atoms with Gasteiger partial charge >= 0.3 is 0 Å². The summed E-state index contributed by atoms with van der Waals surface area (Å²) in [6.45, 7) is 4.27. The van der Waals surface area contributed by atoms with Crippen molar-refractivity contribution in [3.63, 3.8) is 0 Å². The van der Waals surface area contributed by atoms with Crippen molar-refractivity contribution in [3.05, 3.63) is 29.6 Å². The molecule has 0 bridgehead atoms. The van der Waals surface area contributed by atoms with E-state index in [0.29, 0.717) is 17.5 Å². The van der Waals surface area contributed by atoms with Crippen LogP contribution in [0.25, 0.3) is 0 Å². The van der Waals surface area contributed by atoms with Crippen LogP contribution in [0.3, 0.4) is 0 Å². The second-order valence-corrected chi connectivity index (χ2v) is 7.30. The molecular weight excluding hydrogens is 438 g/mol. The molecule has 1 aliphatic rings. The van der Waals surface area contributed by atoms with Crippen molar-refractivity contribution >= 4 is 47.4 Å². The lowest BCUT2D eigenvalue weighted by atomic mass is 10.2. The van der Waals surface area contributed by atoms with E-state index in [4.69, 9.17) is 0 Å². The molecule has 1 aliphatic heterocycles. The summed E-state index contributed by atoms with van der Waals surface area (Å²) < 4.78 is 14.0. The molecule has 1 aromatic carbocycles. The van der Waals surface area contributed by atoms with E-state index in [1.165, 1.54) is 18.6 Å². The normalized spacial score (nSPS) is 17.3. The molecule has 1 atom stereocenters. The third-order valence-electron chi connectivity index (χ3n) is 3.78. The monoisotopic (exact) mass is 466 g/mol. The van der Waals surface area contributed by atoms with Gasteiger partial charge < -0.3 is 15.5 Å². The third kappa shape index (κ3) is 6.66. The first-order valence-electron chi connectivity index (χ1n) is 8.19. The largest absolute Gasteiger partial charge is 0.375 e. The highest BCUT2D eigenvalue weighted by Gasteiger charge is 2.15. The summed E-state index contributed by atoms with van der Waals surface area (Å²) in [7, 11) is 3.68. The molecule has 0 spiro atoms. The van der Waals surface area contributed by atoms with Gasteiger partial charge in [0.15, 0.2) is 5.96 Å². The van der Waals surface area contributed by atoms with Gasteiger partial charge in [-0.1, -0.05) is 6.07 Å². The summed E-state index contributed by atoms with van der Waals surface area (Å²) in [4.78, 5) is 6.34. The summed E-state index contributed by atoms with van der Waals surface area (Å²) in [5.41, 5.74) is 1.47. The number of aliphatic imine (C=N–C) groups is 1. The number of thioether (sulfide) groups is 1. The van der Waals surface area contributed by atoms with E-state index >= 15 is 0 Å². The molecular formula is C17H28FIN4S. The Morgan fingerprint density at radius 3 is 2.75 bits per heavy atom. The molecule has 0 aliphatic carbocycles. The molecule has 1 heterocycles. The standard InChI is InChI=1S/C17H27FN4S.HI/c1-4-19-17(21-12-14-6-5-9-23-14)20-11-13-7-8-16(22(2)3)15(18)10-13;/h7-8,10,14H,4-6,9,11-12H2,1-3H3,(H2,19,20,21);1H. The fraction of sp³-hybridized carbons (Fsp3) is 0.588. The first-order chi connectivity index (χ1) is 11.1. The van der Waals surface area contributed by atoms with E-state index in [0.717, 1.165) is 24.6 Å². The number of hydrogen-bond acceptors (Lipinski definition) is 3. The van der Waals surface area contributed by atoms with E-state index in [-0.39, 0.29) is 29.8 Å². The molecule has 0 saturated carbocycles. The SMILES string of the molecule is CCNC(=NCc1ccc(N(C)C)c(F)c1)NCC1CCCS1.I. The van der Waals surface area contributed by atoms with E-state index < -0.39 is 0 Å². The van der Waals surface area contributed by atoms with Crippen molar-refractivity contribution in [3.8, 4) is 0 Å². The number of anilines is 1. The number of guanidine groups is 1. The van der Waals surface area contributed by atoms with Crippen LogP contribution >= 0.6 is 35.7 Å². The number of benzene rings is 1. The number of rotatable bonds is 6. The smallest absolute Gasteiger partial charge is 0.191 e. The van der Waals surface area contributed by atoms with Crippen molar-refractivity contribution in [1.29, 1.82) is 0 Å². The topological polar surface area (TPSA) is 39.7 Å². The third-order valence-corrected chi connectivity index (χ3v) is 5.18. The van der Waals surface area contributed by atoms with Crippen LogP contribution in [-0.2, 0) is 6.54 Å². The van der Waals surface area contributed by atoms with Crippen molar-refractivity contribution in [2.75, 3.05) is 37.8 Å². The van der Waals surface area contributed by atoms with Crippen LogP contribution in [0.5, 0.6) is 0 Å². The highest BCUT2D eigenvalue weighted by atomic mass is 127. The maximum absolute atomic E-state index is 14.0. The van der Waals surface area contributed by atoms with Gasteiger partial charge in [-0.05, 0) is 43.2 Å². The maximum Gasteiger partial charge on any atom is 0.191 e. The van der Waals surface area contributed by atoms with Crippen LogP contribution in [0.2, 0.25) is 0 Å². The van der Waals surface area contributed by atoms with E-state index in [2.05, 4.69) is 15.6 Å². The number of halogens is 2. The van der Waals surface area contributed by atoms with Gasteiger partial charge in [0.05, 0.1) is 12.2 Å². The maximum atomic E-state index is 14.0. The van der Waals surface area contributed by atoms with Gasteiger partial charge in [-0.15, -0.1) is 24.0 Å². The highest BCUT2D eigenvalue weighted by Crippen LogP contribution is 2.25. The zero-order chi connectivity index (χ0) is 16.7. The molecule has 7 heteroatoms. The van der Waals surface area contributed by atoms with Gasteiger partial charge in [-0.2, -0.15) is 11.8 Å². The Morgan fingerprint density at radius 2 is 2.17 bits per heavy atom. The molecule has 0 aromatic heterocycles. The molecule has 1 unspecified atom stereocenters.